The lowest BCUT2D eigenvalue weighted by Crippen LogP contribution is -2.38. The molecule has 0 aromatic heterocycles. The lowest BCUT2D eigenvalue weighted by molar-refractivity contribution is -0.140. The fourth-order valence-electron chi connectivity index (χ4n) is 1.81. The van der Waals surface area contributed by atoms with Crippen LogP contribution in [-0.2, 0) is 14.3 Å². The van der Waals surface area contributed by atoms with E-state index < -0.39 is 17.8 Å². The fraction of sp³-hybridized carbons (Fsp3) is 0.667. The number of nitrogens with zero attached hydrogens (tertiary/aromatic N) is 1. The van der Waals surface area contributed by atoms with Crippen LogP contribution >= 0.6 is 0 Å². The topological polar surface area (TPSA) is 75.7 Å². The van der Waals surface area contributed by atoms with Crippen molar-refractivity contribution in [2.75, 3.05) is 19.8 Å². The van der Waals surface area contributed by atoms with Gasteiger partial charge in [-0.25, -0.2) is 4.79 Å². The Hall–Kier alpha value is -1.43. The van der Waals surface area contributed by atoms with Crippen molar-refractivity contribution < 1.29 is 19.1 Å². The molecule has 0 aliphatic carbocycles. The van der Waals surface area contributed by atoms with Crippen LogP contribution in [0.5, 0.6) is 0 Å². The zero-order chi connectivity index (χ0) is 10.8. The van der Waals surface area contributed by atoms with Crippen molar-refractivity contribution in [2.24, 2.45) is 5.92 Å². The number of imide groups is 2. The zero-order valence-electron chi connectivity index (χ0n) is 8.19. The van der Waals surface area contributed by atoms with Crippen molar-refractivity contribution in [1.82, 2.24) is 10.2 Å². The van der Waals surface area contributed by atoms with Crippen LogP contribution in [0.2, 0.25) is 0 Å². The van der Waals surface area contributed by atoms with Crippen LogP contribution in [0.4, 0.5) is 4.79 Å². The van der Waals surface area contributed by atoms with E-state index in [1.165, 1.54) is 0 Å². The molecular weight excluding hydrogens is 200 g/mol. The predicted molar refractivity (Wildman–Crippen MR) is 48.8 cm³/mol. The number of urea groups is 1. The Morgan fingerprint density at radius 3 is 2.73 bits per heavy atom. The van der Waals surface area contributed by atoms with E-state index in [1.807, 2.05) is 5.32 Å². The van der Waals surface area contributed by atoms with E-state index in [-0.39, 0.29) is 12.5 Å². The molecule has 0 aromatic carbocycles. The summed E-state index contributed by atoms with van der Waals surface area (Å²) >= 11 is 0. The summed E-state index contributed by atoms with van der Waals surface area (Å²) in [7, 11) is 0. The molecule has 2 rings (SSSR count). The average Bonchev–Trinajstić information content (AvgIpc) is 2.47. The van der Waals surface area contributed by atoms with Crippen molar-refractivity contribution in [2.45, 2.75) is 12.8 Å². The lowest BCUT2D eigenvalue weighted by atomic mass is 10.0. The number of rotatable bonds is 2. The van der Waals surface area contributed by atoms with Gasteiger partial charge in [-0.3, -0.25) is 19.8 Å². The highest BCUT2D eigenvalue weighted by molar-refractivity contribution is 6.44. The van der Waals surface area contributed by atoms with E-state index in [4.69, 9.17) is 4.74 Å². The Kier molecular flexibility index (Phi) is 2.68. The van der Waals surface area contributed by atoms with Crippen molar-refractivity contribution in [1.29, 1.82) is 0 Å². The molecule has 0 saturated carbocycles. The van der Waals surface area contributed by atoms with E-state index >= 15 is 0 Å². The second kappa shape index (κ2) is 3.98. The summed E-state index contributed by atoms with van der Waals surface area (Å²) in [4.78, 5) is 34.3. The second-order valence-corrected chi connectivity index (χ2v) is 3.76. The van der Waals surface area contributed by atoms with Gasteiger partial charge in [-0.15, -0.1) is 0 Å². The maximum atomic E-state index is 11.2. The largest absolute Gasteiger partial charge is 0.381 e. The van der Waals surface area contributed by atoms with E-state index in [2.05, 4.69) is 0 Å². The average molecular weight is 212 g/mol. The third kappa shape index (κ3) is 1.99. The highest BCUT2D eigenvalue weighted by Crippen LogP contribution is 2.16. The molecule has 2 fully saturated rings. The Morgan fingerprint density at radius 1 is 1.40 bits per heavy atom. The van der Waals surface area contributed by atoms with Gasteiger partial charge >= 0.3 is 17.8 Å². The van der Waals surface area contributed by atoms with Crippen LogP contribution in [0.3, 0.4) is 0 Å². The van der Waals surface area contributed by atoms with E-state index in [0.29, 0.717) is 6.61 Å². The number of hydrogen-bond donors (Lipinski definition) is 1. The van der Waals surface area contributed by atoms with Gasteiger partial charge in [-0.2, -0.15) is 0 Å². The van der Waals surface area contributed by atoms with Gasteiger partial charge in [0.2, 0.25) is 0 Å². The molecule has 2 aliphatic rings. The van der Waals surface area contributed by atoms with Gasteiger partial charge in [0.25, 0.3) is 0 Å². The van der Waals surface area contributed by atoms with Crippen molar-refractivity contribution in [3.63, 3.8) is 0 Å². The molecule has 82 valence electrons. The summed E-state index contributed by atoms with van der Waals surface area (Å²) in [5, 5.41) is 1.96. The van der Waals surface area contributed by atoms with Crippen LogP contribution in [0.1, 0.15) is 12.8 Å². The van der Waals surface area contributed by atoms with Gasteiger partial charge in [-0.05, 0) is 12.8 Å². The van der Waals surface area contributed by atoms with E-state index in [9.17, 15) is 14.4 Å². The molecule has 1 atom stereocenters. The first kappa shape index (κ1) is 10.1. The fourth-order valence-corrected chi connectivity index (χ4v) is 1.81. The number of hydrogen-bond acceptors (Lipinski definition) is 4. The monoisotopic (exact) mass is 212 g/mol. The quantitative estimate of drug-likeness (QED) is 0.494. The summed E-state index contributed by atoms with van der Waals surface area (Å²) < 4.78 is 5.24. The maximum absolute atomic E-state index is 11.2. The van der Waals surface area contributed by atoms with Gasteiger partial charge < -0.3 is 4.74 Å². The summed E-state index contributed by atoms with van der Waals surface area (Å²) in [5.41, 5.74) is 0. The van der Waals surface area contributed by atoms with Gasteiger partial charge in [0.05, 0.1) is 6.61 Å². The number of amides is 4. The second-order valence-electron chi connectivity index (χ2n) is 3.76. The van der Waals surface area contributed by atoms with Gasteiger partial charge in [-0.1, -0.05) is 0 Å². The summed E-state index contributed by atoms with van der Waals surface area (Å²) in [6.07, 6.45) is 1.85. The molecule has 2 aliphatic heterocycles. The highest BCUT2D eigenvalue weighted by atomic mass is 16.5. The van der Waals surface area contributed by atoms with Crippen LogP contribution in [-0.4, -0.2) is 42.5 Å². The van der Waals surface area contributed by atoms with Crippen LogP contribution in [0.15, 0.2) is 0 Å². The molecule has 6 heteroatoms. The first-order valence-corrected chi connectivity index (χ1v) is 4.93. The van der Waals surface area contributed by atoms with Crippen molar-refractivity contribution >= 4 is 17.8 Å². The summed E-state index contributed by atoms with van der Waals surface area (Å²) in [6.45, 7) is 1.55. The normalized spacial score (nSPS) is 27.1. The summed E-state index contributed by atoms with van der Waals surface area (Å²) in [6, 6.07) is -0.615. The molecule has 0 radical (unpaired) electrons. The van der Waals surface area contributed by atoms with E-state index in [1.54, 1.807) is 0 Å². The third-order valence-corrected chi connectivity index (χ3v) is 2.60. The molecule has 1 N–H and O–H groups in total. The van der Waals surface area contributed by atoms with Crippen LogP contribution in [0, 0.1) is 5.92 Å². The van der Waals surface area contributed by atoms with Crippen molar-refractivity contribution in [3.8, 4) is 0 Å². The Labute approximate surface area is 86.6 Å². The molecular formula is C9H12N2O4. The van der Waals surface area contributed by atoms with Gasteiger partial charge in [0.1, 0.15) is 0 Å². The first-order chi connectivity index (χ1) is 7.18. The predicted octanol–water partition coefficient (Wildman–Crippen LogP) is -0.509. The molecule has 4 amide bonds. The van der Waals surface area contributed by atoms with Crippen LogP contribution < -0.4 is 5.32 Å². The first-order valence-electron chi connectivity index (χ1n) is 4.93. The van der Waals surface area contributed by atoms with Gasteiger partial charge in [0.15, 0.2) is 0 Å². The Balaban J connectivity index is 1.95. The standard InChI is InChI=1S/C9H12N2O4/c12-7-8(13)11(9(14)10-7)4-6-2-1-3-15-5-6/h6H,1-5H2,(H,10,12,14). The van der Waals surface area contributed by atoms with Crippen molar-refractivity contribution in [3.05, 3.63) is 0 Å². The van der Waals surface area contributed by atoms with Gasteiger partial charge in [0, 0.05) is 19.1 Å². The molecule has 0 aromatic rings. The number of carbonyl (C=O) groups excluding carboxylic acids is 3. The molecule has 0 spiro atoms. The molecule has 1 unspecified atom stereocenters. The van der Waals surface area contributed by atoms with E-state index in [0.717, 1.165) is 24.3 Å². The zero-order valence-corrected chi connectivity index (χ0v) is 8.19. The molecule has 0 bridgehead atoms. The maximum Gasteiger partial charge on any atom is 0.331 e. The highest BCUT2D eigenvalue weighted by Gasteiger charge is 2.38. The number of nitrogens with one attached hydrogen (secondary N) is 1. The smallest absolute Gasteiger partial charge is 0.331 e. The Bertz CT molecular complexity index is 309. The minimum atomic E-state index is -0.836. The lowest BCUT2D eigenvalue weighted by Gasteiger charge is -2.24. The Morgan fingerprint density at radius 2 is 2.20 bits per heavy atom. The minimum absolute atomic E-state index is 0.152. The SMILES string of the molecule is O=C1NC(=O)N(CC2CCCOC2)C1=O. The summed E-state index contributed by atoms with van der Waals surface area (Å²) in [5.74, 6) is -1.44. The number of carbonyl (C=O) groups is 3. The number of ether oxygens (including phenoxy) is 1. The molecule has 6 nitrogen and oxygen atoms in total. The minimum Gasteiger partial charge on any atom is -0.381 e. The molecule has 2 saturated heterocycles. The van der Waals surface area contributed by atoms with Crippen LogP contribution in [0.25, 0.3) is 0 Å². The third-order valence-electron chi connectivity index (χ3n) is 2.60. The molecule has 15 heavy (non-hydrogen) atoms. The molecule has 2 heterocycles.